The highest BCUT2D eigenvalue weighted by molar-refractivity contribution is 5.92. The number of aromatic nitrogens is 3. The fraction of sp³-hybridized carbons (Fsp3) is 0.250. The highest BCUT2D eigenvalue weighted by Crippen LogP contribution is 2.32. The number of amides is 1. The Balaban J connectivity index is 1.60. The van der Waals surface area contributed by atoms with E-state index in [2.05, 4.69) is 40.1 Å². The number of rotatable bonds is 3. The van der Waals surface area contributed by atoms with Gasteiger partial charge in [0.1, 0.15) is 11.5 Å². The molecule has 1 N–H and O–H groups in total. The fourth-order valence-corrected chi connectivity index (χ4v) is 3.40. The number of hydrogen-bond donors (Lipinski definition) is 1. The number of imidazole rings is 1. The molecule has 0 saturated carbocycles. The Labute approximate surface area is 146 Å². The smallest absolute Gasteiger partial charge is 0.273 e. The van der Waals surface area contributed by atoms with Gasteiger partial charge < -0.3 is 9.88 Å². The van der Waals surface area contributed by atoms with Gasteiger partial charge in [-0.1, -0.05) is 29.8 Å². The molecule has 3 aromatic rings. The lowest BCUT2D eigenvalue weighted by Gasteiger charge is -2.22. The first-order valence-electron chi connectivity index (χ1n) is 8.56. The van der Waals surface area contributed by atoms with Gasteiger partial charge >= 0.3 is 0 Å². The molecule has 1 amide bonds. The first kappa shape index (κ1) is 15.6. The number of benzene rings is 1. The Morgan fingerprint density at radius 2 is 2.12 bits per heavy atom. The molecule has 126 valence electrons. The first-order valence-corrected chi connectivity index (χ1v) is 8.56. The molecule has 1 saturated heterocycles. The molecule has 1 aromatic carbocycles. The van der Waals surface area contributed by atoms with Crippen molar-refractivity contribution in [2.75, 3.05) is 6.54 Å². The number of carbonyl (C=O) groups is 1. The number of pyridine rings is 1. The standard InChI is InChI=1S/C20H20N4O/c1-14-6-4-7-15(12-14)17-13-22-19(23-17)18-9-5-11-24(18)20(25)16-8-2-3-10-21-16/h2-4,6-8,10,12-13,18H,5,9,11H2,1H3,(H,22,23). The SMILES string of the molecule is Cc1cccc(-c2cnc(C3CCCN3C(=O)c3ccccn3)[nH]2)c1. The van der Waals surface area contributed by atoms with Gasteiger partial charge in [0.05, 0.1) is 17.9 Å². The summed E-state index contributed by atoms with van der Waals surface area (Å²) in [6.07, 6.45) is 5.40. The minimum Gasteiger partial charge on any atom is -0.340 e. The predicted molar refractivity (Wildman–Crippen MR) is 96.0 cm³/mol. The topological polar surface area (TPSA) is 61.9 Å². The molecule has 25 heavy (non-hydrogen) atoms. The Morgan fingerprint density at radius 3 is 2.92 bits per heavy atom. The van der Waals surface area contributed by atoms with Crippen molar-refractivity contribution in [1.29, 1.82) is 0 Å². The van der Waals surface area contributed by atoms with Crippen molar-refractivity contribution in [2.24, 2.45) is 0 Å². The summed E-state index contributed by atoms with van der Waals surface area (Å²) in [5, 5.41) is 0. The quantitative estimate of drug-likeness (QED) is 0.794. The summed E-state index contributed by atoms with van der Waals surface area (Å²) in [5.41, 5.74) is 3.79. The van der Waals surface area contributed by atoms with E-state index in [1.165, 1.54) is 5.56 Å². The second-order valence-corrected chi connectivity index (χ2v) is 6.42. The maximum atomic E-state index is 12.8. The van der Waals surface area contributed by atoms with Crippen LogP contribution in [0, 0.1) is 6.92 Å². The Kier molecular flexibility index (Phi) is 4.06. The van der Waals surface area contributed by atoms with Gasteiger partial charge in [0.2, 0.25) is 0 Å². The summed E-state index contributed by atoms with van der Waals surface area (Å²) in [6.45, 7) is 2.81. The van der Waals surface area contributed by atoms with E-state index >= 15 is 0 Å². The molecule has 4 rings (SSSR count). The molecular weight excluding hydrogens is 312 g/mol. The zero-order chi connectivity index (χ0) is 17.2. The van der Waals surface area contributed by atoms with Crippen LogP contribution in [-0.2, 0) is 0 Å². The zero-order valence-corrected chi connectivity index (χ0v) is 14.1. The van der Waals surface area contributed by atoms with Gasteiger partial charge in [-0.2, -0.15) is 0 Å². The van der Waals surface area contributed by atoms with Crippen LogP contribution >= 0.6 is 0 Å². The van der Waals surface area contributed by atoms with E-state index in [1.807, 2.05) is 29.3 Å². The minimum atomic E-state index is -0.0309. The molecule has 1 fully saturated rings. The van der Waals surface area contributed by atoms with Gasteiger partial charge in [-0.25, -0.2) is 4.98 Å². The minimum absolute atomic E-state index is 0.0203. The lowest BCUT2D eigenvalue weighted by Crippen LogP contribution is -2.31. The van der Waals surface area contributed by atoms with Crippen molar-refractivity contribution in [3.63, 3.8) is 0 Å². The lowest BCUT2D eigenvalue weighted by molar-refractivity contribution is 0.0724. The van der Waals surface area contributed by atoms with Crippen molar-refractivity contribution in [1.82, 2.24) is 19.9 Å². The van der Waals surface area contributed by atoms with E-state index in [0.717, 1.165) is 36.5 Å². The van der Waals surface area contributed by atoms with Gasteiger partial charge in [-0.15, -0.1) is 0 Å². The Morgan fingerprint density at radius 1 is 1.20 bits per heavy atom. The van der Waals surface area contributed by atoms with E-state index in [9.17, 15) is 4.79 Å². The molecule has 1 aliphatic heterocycles. The molecule has 5 heteroatoms. The predicted octanol–water partition coefficient (Wildman–Crippen LogP) is 3.76. The molecule has 5 nitrogen and oxygen atoms in total. The summed E-state index contributed by atoms with van der Waals surface area (Å²) in [6, 6.07) is 13.7. The number of hydrogen-bond acceptors (Lipinski definition) is 3. The molecule has 0 aliphatic carbocycles. The first-order chi connectivity index (χ1) is 12.2. The van der Waals surface area contributed by atoms with E-state index in [1.54, 1.807) is 12.3 Å². The zero-order valence-electron chi connectivity index (χ0n) is 14.1. The van der Waals surface area contributed by atoms with Gasteiger partial charge in [-0.3, -0.25) is 9.78 Å². The number of aryl methyl sites for hydroxylation is 1. The van der Waals surface area contributed by atoms with Gasteiger partial charge in [0.25, 0.3) is 5.91 Å². The third-order valence-electron chi connectivity index (χ3n) is 4.64. The van der Waals surface area contributed by atoms with E-state index < -0.39 is 0 Å². The lowest BCUT2D eigenvalue weighted by atomic mass is 10.1. The molecular formula is C20H20N4O. The highest BCUT2D eigenvalue weighted by Gasteiger charge is 2.33. The van der Waals surface area contributed by atoms with Crippen LogP contribution in [0.25, 0.3) is 11.3 Å². The van der Waals surface area contributed by atoms with Crippen molar-refractivity contribution >= 4 is 5.91 Å². The van der Waals surface area contributed by atoms with Gasteiger partial charge in [0.15, 0.2) is 0 Å². The maximum absolute atomic E-state index is 12.8. The summed E-state index contributed by atoms with van der Waals surface area (Å²) < 4.78 is 0. The van der Waals surface area contributed by atoms with Crippen LogP contribution in [0.4, 0.5) is 0 Å². The molecule has 0 bridgehead atoms. The van der Waals surface area contributed by atoms with E-state index in [-0.39, 0.29) is 11.9 Å². The third-order valence-corrected chi connectivity index (χ3v) is 4.64. The van der Waals surface area contributed by atoms with Crippen LogP contribution < -0.4 is 0 Å². The van der Waals surface area contributed by atoms with Crippen molar-refractivity contribution in [2.45, 2.75) is 25.8 Å². The van der Waals surface area contributed by atoms with E-state index in [4.69, 9.17) is 0 Å². The maximum Gasteiger partial charge on any atom is 0.273 e. The molecule has 1 unspecified atom stereocenters. The van der Waals surface area contributed by atoms with Crippen LogP contribution in [0.1, 0.15) is 40.8 Å². The number of aromatic amines is 1. The van der Waals surface area contributed by atoms with Crippen LogP contribution in [0.2, 0.25) is 0 Å². The number of nitrogens with one attached hydrogen (secondary N) is 1. The second kappa shape index (κ2) is 6.51. The summed E-state index contributed by atoms with van der Waals surface area (Å²) in [5.74, 6) is 0.815. The van der Waals surface area contributed by atoms with Gasteiger partial charge in [0, 0.05) is 12.7 Å². The number of likely N-dealkylation sites (tertiary alicyclic amines) is 1. The van der Waals surface area contributed by atoms with Crippen LogP contribution in [0.5, 0.6) is 0 Å². The van der Waals surface area contributed by atoms with Crippen LogP contribution in [0.15, 0.2) is 54.9 Å². The monoisotopic (exact) mass is 332 g/mol. The summed E-state index contributed by atoms with van der Waals surface area (Å²) >= 11 is 0. The second-order valence-electron chi connectivity index (χ2n) is 6.42. The Bertz CT molecular complexity index is 887. The number of nitrogens with zero attached hydrogens (tertiary/aromatic N) is 3. The third kappa shape index (κ3) is 3.05. The Hall–Kier alpha value is -2.95. The number of H-pyrrole nitrogens is 1. The van der Waals surface area contributed by atoms with E-state index in [0.29, 0.717) is 5.69 Å². The largest absolute Gasteiger partial charge is 0.340 e. The highest BCUT2D eigenvalue weighted by atomic mass is 16.2. The van der Waals surface area contributed by atoms with Crippen molar-refractivity contribution in [3.05, 3.63) is 71.9 Å². The molecule has 0 radical (unpaired) electrons. The number of carbonyl (C=O) groups excluding carboxylic acids is 1. The van der Waals surface area contributed by atoms with Crippen LogP contribution in [0.3, 0.4) is 0 Å². The van der Waals surface area contributed by atoms with Crippen LogP contribution in [-0.4, -0.2) is 32.3 Å². The van der Waals surface area contributed by atoms with Crippen molar-refractivity contribution < 1.29 is 4.79 Å². The van der Waals surface area contributed by atoms with Gasteiger partial charge in [-0.05, 0) is 43.5 Å². The summed E-state index contributed by atoms with van der Waals surface area (Å²) in [7, 11) is 0. The molecule has 1 aliphatic rings. The fourth-order valence-electron chi connectivity index (χ4n) is 3.40. The molecule has 3 heterocycles. The average molecular weight is 332 g/mol. The summed E-state index contributed by atoms with van der Waals surface area (Å²) in [4.78, 5) is 26.8. The average Bonchev–Trinajstić information content (AvgIpc) is 3.31. The van der Waals surface area contributed by atoms with Crippen molar-refractivity contribution in [3.8, 4) is 11.3 Å². The molecule has 1 atom stereocenters. The molecule has 0 spiro atoms. The molecule has 2 aromatic heterocycles. The normalized spacial score (nSPS) is 17.0.